The molecule has 0 saturated carbocycles. The molecule has 5 nitrogen and oxygen atoms in total. The van der Waals surface area contributed by atoms with Gasteiger partial charge in [0.1, 0.15) is 0 Å². The number of aromatic nitrogens is 3. The highest BCUT2D eigenvalue weighted by Gasteiger charge is 2.22. The van der Waals surface area contributed by atoms with Crippen LogP contribution < -0.4 is 18.9 Å². The second-order valence-electron chi connectivity index (χ2n) is 6.50. The van der Waals surface area contributed by atoms with Gasteiger partial charge < -0.3 is 9.80 Å². The Hall–Kier alpha value is -2.15. The van der Waals surface area contributed by atoms with Crippen LogP contribution in [-0.2, 0) is 0 Å². The number of anilines is 2. The van der Waals surface area contributed by atoms with E-state index >= 15 is 0 Å². The van der Waals surface area contributed by atoms with Gasteiger partial charge in [-0.25, -0.2) is 14.1 Å². The third kappa shape index (κ3) is 3.93. The summed E-state index contributed by atoms with van der Waals surface area (Å²) in [7, 11) is 7.98. The number of rotatable bonds is 4. The van der Waals surface area contributed by atoms with E-state index in [0.717, 1.165) is 11.4 Å². The molecule has 140 valence electrons. The van der Waals surface area contributed by atoms with Gasteiger partial charge in [0, 0.05) is 63.8 Å². The van der Waals surface area contributed by atoms with Crippen LogP contribution in [0.2, 0.25) is 10.0 Å². The molecule has 0 amide bonds. The summed E-state index contributed by atoms with van der Waals surface area (Å²) in [5.41, 5.74) is 2.17. The van der Waals surface area contributed by atoms with Gasteiger partial charge in [0.2, 0.25) is 0 Å². The smallest absolute Gasteiger partial charge is 0.307 e. The normalized spacial score (nSPS) is 10.7. The second kappa shape index (κ2) is 7.84. The van der Waals surface area contributed by atoms with Crippen LogP contribution in [0.15, 0.2) is 49.1 Å². The summed E-state index contributed by atoms with van der Waals surface area (Å²) in [6.45, 7) is 0. The van der Waals surface area contributed by atoms with Gasteiger partial charge in [-0.15, -0.1) is 0 Å². The molecule has 0 aliphatic rings. The second-order valence-corrected chi connectivity index (χ2v) is 7.66. The minimum atomic E-state index is 0.409. The van der Waals surface area contributed by atoms with E-state index in [0.29, 0.717) is 26.2 Å². The summed E-state index contributed by atoms with van der Waals surface area (Å²) < 4.78 is 4.19. The lowest BCUT2D eigenvalue weighted by molar-refractivity contribution is -0.611. The van der Waals surface area contributed by atoms with Crippen LogP contribution in [0.4, 0.5) is 11.4 Å². The number of aromatic amines is 1. The van der Waals surface area contributed by atoms with Gasteiger partial charge in [-0.2, -0.15) is 0 Å². The zero-order valence-electron chi connectivity index (χ0n) is 15.6. The number of nitrogens with zero attached hydrogens (tertiary/aromatic N) is 4. The Bertz CT molecular complexity index is 933. The Balaban J connectivity index is 2.12. The first-order valence-electron chi connectivity index (χ1n) is 8.29. The van der Waals surface area contributed by atoms with Crippen molar-refractivity contribution in [3.8, 4) is 11.6 Å². The molecule has 0 bridgehead atoms. The van der Waals surface area contributed by atoms with Crippen LogP contribution in [0.1, 0.15) is 0 Å². The predicted octanol–water partition coefficient (Wildman–Crippen LogP) is 3.74. The zero-order valence-corrected chi connectivity index (χ0v) is 17.9. The van der Waals surface area contributed by atoms with E-state index in [1.54, 1.807) is 0 Å². The number of H-pyrrole nitrogens is 1. The van der Waals surface area contributed by atoms with Gasteiger partial charge in [0.15, 0.2) is 10.0 Å². The molecule has 27 heavy (non-hydrogen) atoms. The molecule has 3 rings (SSSR count). The first-order chi connectivity index (χ1) is 12.8. The minimum Gasteiger partial charge on any atom is -0.377 e. The number of nitrogens with one attached hydrogen (secondary N) is 1. The molecule has 0 aliphatic heterocycles. The van der Waals surface area contributed by atoms with E-state index in [9.17, 15) is 0 Å². The highest BCUT2D eigenvalue weighted by molar-refractivity contribution is 7.71. The molecule has 0 unspecified atom stereocenters. The fraction of sp³-hybridized carbons (Fsp3) is 0.211. The topological polar surface area (TPSA) is 30.0 Å². The Morgan fingerprint density at radius 1 is 0.741 bits per heavy atom. The molecule has 3 heterocycles. The minimum absolute atomic E-state index is 0.409. The van der Waals surface area contributed by atoms with Crippen LogP contribution in [0.25, 0.3) is 11.6 Å². The highest BCUT2D eigenvalue weighted by atomic mass is 35.5. The molecular weight excluding hydrogens is 401 g/mol. The maximum Gasteiger partial charge on any atom is 0.307 e. The number of halogens is 2. The van der Waals surface area contributed by atoms with Gasteiger partial charge in [0.25, 0.3) is 0 Å². The first-order valence-corrected chi connectivity index (χ1v) is 9.45. The van der Waals surface area contributed by atoms with E-state index in [-0.39, 0.29) is 0 Å². The maximum atomic E-state index is 6.49. The molecule has 3 aromatic rings. The predicted molar refractivity (Wildman–Crippen MR) is 113 cm³/mol. The molecule has 8 heteroatoms. The van der Waals surface area contributed by atoms with Crippen molar-refractivity contribution in [1.82, 2.24) is 4.98 Å². The Morgan fingerprint density at radius 2 is 1.07 bits per heavy atom. The lowest BCUT2D eigenvalue weighted by Gasteiger charge is -2.12. The van der Waals surface area contributed by atoms with Crippen LogP contribution in [0, 0.1) is 4.51 Å². The van der Waals surface area contributed by atoms with Gasteiger partial charge in [-0.3, -0.25) is 0 Å². The quantitative estimate of drug-likeness (QED) is 0.513. The van der Waals surface area contributed by atoms with Crippen molar-refractivity contribution < 1.29 is 9.13 Å². The summed E-state index contributed by atoms with van der Waals surface area (Å²) in [5.74, 6) is 1.33. The number of hydrogen-bond acceptors (Lipinski definition) is 3. The molecular formula is C19H21Cl2N5S+2. The summed E-state index contributed by atoms with van der Waals surface area (Å²) in [6.07, 6.45) is 7.72. The number of pyridine rings is 3. The average Bonchev–Trinajstić information content (AvgIpc) is 2.66. The van der Waals surface area contributed by atoms with Crippen LogP contribution in [0.3, 0.4) is 0 Å². The first kappa shape index (κ1) is 19.6. The van der Waals surface area contributed by atoms with Crippen molar-refractivity contribution in [2.75, 3.05) is 38.0 Å². The molecule has 0 spiro atoms. The molecule has 0 fully saturated rings. The van der Waals surface area contributed by atoms with E-state index in [1.807, 2.05) is 96.2 Å². The third-order valence-corrected chi connectivity index (χ3v) is 5.59. The Kier molecular flexibility index (Phi) is 5.69. The summed E-state index contributed by atoms with van der Waals surface area (Å²) in [5, 5.41) is 0.818. The lowest BCUT2D eigenvalue weighted by Crippen LogP contribution is -2.37. The molecule has 0 atom stereocenters. The maximum absolute atomic E-state index is 6.49. The average molecular weight is 422 g/mol. The number of hydrogen-bond donors (Lipinski definition) is 1. The largest absolute Gasteiger partial charge is 0.377 e. The van der Waals surface area contributed by atoms with Gasteiger partial charge in [-0.1, -0.05) is 35.4 Å². The fourth-order valence-electron chi connectivity index (χ4n) is 2.62. The third-order valence-electron chi connectivity index (χ3n) is 4.22. The molecule has 0 aromatic carbocycles. The molecule has 1 N–H and O–H groups in total. The zero-order chi connectivity index (χ0) is 19.7. The standard InChI is InChI=1S/C19H20Cl2N5S/c1-23(2)13-5-9-25(10-6-13)18-15(20)17(27)16(21)19(22-18)26-11-7-14(8-12-26)24(3)4/h5-12H,1-4H3/q+1/p+1. The van der Waals surface area contributed by atoms with Gasteiger partial charge >= 0.3 is 11.6 Å². The van der Waals surface area contributed by atoms with E-state index in [4.69, 9.17) is 35.4 Å². The van der Waals surface area contributed by atoms with Crippen molar-refractivity contribution >= 4 is 46.8 Å². The highest BCUT2D eigenvalue weighted by Crippen LogP contribution is 2.26. The van der Waals surface area contributed by atoms with Gasteiger partial charge in [-0.05, 0) is 0 Å². The molecule has 0 saturated heterocycles. The van der Waals surface area contributed by atoms with Crippen LogP contribution in [-0.4, -0.2) is 33.2 Å². The van der Waals surface area contributed by atoms with Crippen molar-refractivity contribution in [3.05, 3.63) is 63.6 Å². The van der Waals surface area contributed by atoms with Crippen LogP contribution >= 0.6 is 35.4 Å². The van der Waals surface area contributed by atoms with E-state index < -0.39 is 0 Å². The fourth-order valence-corrected chi connectivity index (χ4v) is 3.34. The summed E-state index contributed by atoms with van der Waals surface area (Å²) in [6, 6.07) is 8.00. The van der Waals surface area contributed by atoms with Crippen molar-refractivity contribution in [1.29, 1.82) is 0 Å². The lowest BCUT2D eigenvalue weighted by atomic mass is 10.3. The van der Waals surface area contributed by atoms with E-state index in [2.05, 4.69) is 4.98 Å². The van der Waals surface area contributed by atoms with Gasteiger partial charge in [0.05, 0.1) is 29.3 Å². The Labute approximate surface area is 174 Å². The van der Waals surface area contributed by atoms with Crippen molar-refractivity contribution in [3.63, 3.8) is 0 Å². The molecule has 3 aromatic heterocycles. The molecule has 0 radical (unpaired) electrons. The van der Waals surface area contributed by atoms with Crippen molar-refractivity contribution in [2.45, 2.75) is 0 Å². The summed E-state index contributed by atoms with van der Waals surface area (Å²) in [4.78, 5) is 7.38. The Morgan fingerprint density at radius 3 is 1.37 bits per heavy atom. The van der Waals surface area contributed by atoms with Crippen LogP contribution in [0.5, 0.6) is 0 Å². The van der Waals surface area contributed by atoms with Crippen molar-refractivity contribution in [2.24, 2.45) is 0 Å². The van der Waals surface area contributed by atoms with E-state index in [1.165, 1.54) is 0 Å². The molecule has 0 aliphatic carbocycles. The SMILES string of the molecule is CN(C)c1cc[n+](-c2[nH]c(-[n+]3ccc(N(C)C)cc3)c(Cl)c(=S)c2Cl)cc1. The monoisotopic (exact) mass is 421 g/mol. The summed E-state index contributed by atoms with van der Waals surface area (Å²) >= 11 is 18.5.